The number of guanidine groups is 1. The summed E-state index contributed by atoms with van der Waals surface area (Å²) in [5.74, 6) is 1.61. The SMILES string of the molecule is CN=C(NC)N1CCC(CC(=O)NC)CC1. The summed E-state index contributed by atoms with van der Waals surface area (Å²) in [5, 5.41) is 5.76. The van der Waals surface area contributed by atoms with Gasteiger partial charge >= 0.3 is 0 Å². The topological polar surface area (TPSA) is 56.7 Å². The molecule has 16 heavy (non-hydrogen) atoms. The second-order valence-electron chi connectivity index (χ2n) is 4.10. The van der Waals surface area contributed by atoms with Crippen molar-refractivity contribution in [3.05, 3.63) is 0 Å². The summed E-state index contributed by atoms with van der Waals surface area (Å²) in [5.41, 5.74) is 0. The number of piperidine rings is 1. The van der Waals surface area contributed by atoms with E-state index in [-0.39, 0.29) is 5.91 Å². The van der Waals surface area contributed by atoms with Crippen LogP contribution in [0.2, 0.25) is 0 Å². The lowest BCUT2D eigenvalue weighted by atomic mass is 9.93. The molecule has 1 aliphatic rings. The van der Waals surface area contributed by atoms with Crippen LogP contribution in [0, 0.1) is 5.92 Å². The summed E-state index contributed by atoms with van der Waals surface area (Å²) in [6.45, 7) is 1.96. The molecule has 2 N–H and O–H groups in total. The zero-order chi connectivity index (χ0) is 12.0. The average Bonchev–Trinajstić information content (AvgIpc) is 2.32. The lowest BCUT2D eigenvalue weighted by Crippen LogP contribution is -2.44. The van der Waals surface area contributed by atoms with E-state index in [1.807, 2.05) is 7.05 Å². The highest BCUT2D eigenvalue weighted by molar-refractivity contribution is 5.79. The molecule has 0 spiro atoms. The van der Waals surface area contributed by atoms with Crippen LogP contribution in [0.5, 0.6) is 0 Å². The fourth-order valence-electron chi connectivity index (χ4n) is 2.12. The minimum absolute atomic E-state index is 0.149. The average molecular weight is 226 g/mol. The number of nitrogens with one attached hydrogen (secondary N) is 2. The number of carbonyl (C=O) groups excluding carboxylic acids is 1. The normalized spacial score (nSPS) is 18.4. The maximum absolute atomic E-state index is 11.2. The van der Waals surface area contributed by atoms with Gasteiger partial charge in [0.05, 0.1) is 0 Å². The summed E-state index contributed by atoms with van der Waals surface area (Å²) in [7, 11) is 5.38. The van der Waals surface area contributed by atoms with E-state index in [4.69, 9.17) is 0 Å². The molecule has 1 saturated heterocycles. The summed E-state index contributed by atoms with van der Waals surface area (Å²) in [6.07, 6.45) is 2.78. The first-order valence-corrected chi connectivity index (χ1v) is 5.81. The maximum atomic E-state index is 11.2. The van der Waals surface area contributed by atoms with Gasteiger partial charge in [-0.15, -0.1) is 0 Å². The van der Waals surface area contributed by atoms with Gasteiger partial charge in [-0.2, -0.15) is 0 Å². The van der Waals surface area contributed by atoms with Gasteiger partial charge < -0.3 is 15.5 Å². The number of hydrogen-bond donors (Lipinski definition) is 2. The molecule has 0 saturated carbocycles. The monoisotopic (exact) mass is 226 g/mol. The van der Waals surface area contributed by atoms with E-state index in [1.54, 1.807) is 14.1 Å². The van der Waals surface area contributed by atoms with Crippen LogP contribution in [-0.4, -0.2) is 51.0 Å². The summed E-state index contributed by atoms with van der Waals surface area (Å²) >= 11 is 0. The Balaban J connectivity index is 2.36. The third-order valence-electron chi connectivity index (χ3n) is 3.10. The van der Waals surface area contributed by atoms with Crippen molar-refractivity contribution in [2.24, 2.45) is 10.9 Å². The van der Waals surface area contributed by atoms with Crippen LogP contribution >= 0.6 is 0 Å². The molecular formula is C11H22N4O. The van der Waals surface area contributed by atoms with Crippen LogP contribution in [0.15, 0.2) is 4.99 Å². The summed E-state index contributed by atoms with van der Waals surface area (Å²) in [6, 6.07) is 0. The molecule has 0 aromatic heterocycles. The quantitative estimate of drug-likeness (QED) is 0.516. The highest BCUT2D eigenvalue weighted by Gasteiger charge is 2.22. The van der Waals surface area contributed by atoms with Crippen LogP contribution in [0.1, 0.15) is 19.3 Å². The van der Waals surface area contributed by atoms with Gasteiger partial charge in [0.1, 0.15) is 0 Å². The van der Waals surface area contributed by atoms with Crippen molar-refractivity contribution in [1.82, 2.24) is 15.5 Å². The van der Waals surface area contributed by atoms with Crippen LogP contribution in [0.4, 0.5) is 0 Å². The molecule has 1 rings (SSSR count). The minimum atomic E-state index is 0.149. The highest BCUT2D eigenvalue weighted by Crippen LogP contribution is 2.20. The number of rotatable bonds is 2. The predicted octanol–water partition coefficient (Wildman–Crippen LogP) is 0.0397. The highest BCUT2D eigenvalue weighted by atomic mass is 16.1. The lowest BCUT2D eigenvalue weighted by Gasteiger charge is -2.33. The zero-order valence-corrected chi connectivity index (χ0v) is 10.4. The van der Waals surface area contributed by atoms with Gasteiger partial charge in [-0.25, -0.2) is 0 Å². The Morgan fingerprint density at radius 1 is 1.31 bits per heavy atom. The van der Waals surface area contributed by atoms with Crippen LogP contribution in [0.25, 0.3) is 0 Å². The standard InChI is InChI=1S/C11H22N4O/c1-12-10(16)8-9-4-6-15(7-5-9)11(13-2)14-3/h9H,4-8H2,1-3H3,(H,12,16)(H,13,14). The Hall–Kier alpha value is -1.26. The fourth-order valence-corrected chi connectivity index (χ4v) is 2.12. The Kier molecular flexibility index (Phi) is 5.08. The Labute approximate surface area is 97.3 Å². The number of nitrogens with zero attached hydrogens (tertiary/aromatic N) is 2. The molecule has 1 heterocycles. The molecule has 0 radical (unpaired) electrons. The van der Waals surface area contributed by atoms with Crippen molar-refractivity contribution in [3.8, 4) is 0 Å². The zero-order valence-electron chi connectivity index (χ0n) is 10.4. The molecule has 0 unspecified atom stereocenters. The molecule has 0 aromatic rings. The summed E-state index contributed by atoms with van der Waals surface area (Å²) in [4.78, 5) is 17.7. The van der Waals surface area contributed by atoms with Crippen LogP contribution < -0.4 is 10.6 Å². The van der Waals surface area contributed by atoms with E-state index in [0.29, 0.717) is 12.3 Å². The number of hydrogen-bond acceptors (Lipinski definition) is 2. The fraction of sp³-hybridized carbons (Fsp3) is 0.818. The van der Waals surface area contributed by atoms with Crippen molar-refractivity contribution in [2.45, 2.75) is 19.3 Å². The van der Waals surface area contributed by atoms with E-state index in [9.17, 15) is 4.79 Å². The predicted molar refractivity (Wildman–Crippen MR) is 65.4 cm³/mol. The van der Waals surface area contributed by atoms with E-state index in [0.717, 1.165) is 31.9 Å². The molecule has 1 fully saturated rings. The number of amides is 1. The van der Waals surface area contributed by atoms with Gasteiger partial charge in [0.25, 0.3) is 0 Å². The first-order chi connectivity index (χ1) is 7.71. The molecule has 0 aromatic carbocycles. The Bertz CT molecular complexity index is 257. The van der Waals surface area contributed by atoms with Crippen LogP contribution in [-0.2, 0) is 4.79 Å². The Morgan fingerprint density at radius 3 is 2.38 bits per heavy atom. The molecule has 5 nitrogen and oxygen atoms in total. The first-order valence-electron chi connectivity index (χ1n) is 5.81. The van der Waals surface area contributed by atoms with Crippen molar-refractivity contribution >= 4 is 11.9 Å². The van der Waals surface area contributed by atoms with Gasteiger partial charge in [0.2, 0.25) is 5.91 Å². The van der Waals surface area contributed by atoms with E-state index in [2.05, 4.69) is 20.5 Å². The maximum Gasteiger partial charge on any atom is 0.220 e. The van der Waals surface area contributed by atoms with Crippen molar-refractivity contribution in [3.63, 3.8) is 0 Å². The van der Waals surface area contributed by atoms with E-state index >= 15 is 0 Å². The molecular weight excluding hydrogens is 204 g/mol. The third kappa shape index (κ3) is 3.40. The van der Waals surface area contributed by atoms with E-state index in [1.165, 1.54) is 0 Å². The minimum Gasteiger partial charge on any atom is -0.359 e. The smallest absolute Gasteiger partial charge is 0.220 e. The molecule has 1 aliphatic heterocycles. The second-order valence-corrected chi connectivity index (χ2v) is 4.10. The molecule has 0 aliphatic carbocycles. The third-order valence-corrected chi connectivity index (χ3v) is 3.10. The lowest BCUT2D eigenvalue weighted by molar-refractivity contribution is -0.121. The van der Waals surface area contributed by atoms with Gasteiger partial charge in [0, 0.05) is 40.7 Å². The number of carbonyl (C=O) groups is 1. The van der Waals surface area contributed by atoms with Crippen LogP contribution in [0.3, 0.4) is 0 Å². The molecule has 1 amide bonds. The largest absolute Gasteiger partial charge is 0.359 e. The number of aliphatic imine (C=N–C) groups is 1. The van der Waals surface area contributed by atoms with Gasteiger partial charge in [-0.3, -0.25) is 9.79 Å². The van der Waals surface area contributed by atoms with Gasteiger partial charge in [-0.1, -0.05) is 0 Å². The molecule has 5 heteroatoms. The van der Waals surface area contributed by atoms with Gasteiger partial charge in [0.15, 0.2) is 5.96 Å². The van der Waals surface area contributed by atoms with E-state index < -0.39 is 0 Å². The van der Waals surface area contributed by atoms with Crippen molar-refractivity contribution < 1.29 is 4.79 Å². The second kappa shape index (κ2) is 6.35. The van der Waals surface area contributed by atoms with Crippen molar-refractivity contribution in [1.29, 1.82) is 0 Å². The summed E-state index contributed by atoms with van der Waals surface area (Å²) < 4.78 is 0. The van der Waals surface area contributed by atoms with Crippen molar-refractivity contribution in [2.75, 3.05) is 34.2 Å². The Morgan fingerprint density at radius 2 is 1.94 bits per heavy atom. The molecule has 0 bridgehead atoms. The van der Waals surface area contributed by atoms with Gasteiger partial charge in [-0.05, 0) is 18.8 Å². The molecule has 0 atom stereocenters. The number of likely N-dealkylation sites (tertiary alicyclic amines) is 1. The molecule has 92 valence electrons. The first kappa shape index (κ1) is 12.8.